The molecule has 7 nitrogen and oxygen atoms in total. The molecular formula is C24H21N3O4. The van der Waals surface area contributed by atoms with E-state index in [0.717, 1.165) is 11.3 Å². The Balaban J connectivity index is 1.58. The van der Waals surface area contributed by atoms with E-state index >= 15 is 0 Å². The number of hydrogen-bond donors (Lipinski definition) is 1. The van der Waals surface area contributed by atoms with E-state index in [1.165, 1.54) is 10.9 Å². The third kappa shape index (κ3) is 4.11. The first-order valence-corrected chi connectivity index (χ1v) is 9.66. The zero-order valence-electron chi connectivity index (χ0n) is 17.2. The number of carbonyl (C=O) groups is 1. The number of amides is 1. The highest BCUT2D eigenvalue weighted by atomic mass is 16.5. The van der Waals surface area contributed by atoms with E-state index in [-0.39, 0.29) is 11.5 Å². The number of ether oxygens (including phenoxy) is 2. The van der Waals surface area contributed by atoms with Gasteiger partial charge < -0.3 is 14.8 Å². The number of benzene rings is 3. The fourth-order valence-electron chi connectivity index (χ4n) is 3.29. The van der Waals surface area contributed by atoms with E-state index in [9.17, 15) is 9.59 Å². The molecule has 0 unspecified atom stereocenters. The van der Waals surface area contributed by atoms with Gasteiger partial charge in [0.2, 0.25) is 0 Å². The van der Waals surface area contributed by atoms with Gasteiger partial charge in [0.15, 0.2) is 0 Å². The maximum Gasteiger partial charge on any atom is 0.265 e. The highest BCUT2D eigenvalue weighted by Crippen LogP contribution is 2.21. The van der Waals surface area contributed by atoms with E-state index in [0.29, 0.717) is 34.4 Å². The second-order valence-corrected chi connectivity index (χ2v) is 6.85. The summed E-state index contributed by atoms with van der Waals surface area (Å²) in [5, 5.41) is 3.29. The van der Waals surface area contributed by atoms with Crippen LogP contribution in [-0.4, -0.2) is 29.7 Å². The predicted octanol–water partition coefficient (Wildman–Crippen LogP) is 3.33. The van der Waals surface area contributed by atoms with E-state index in [1.807, 2.05) is 36.4 Å². The number of carbonyl (C=O) groups excluding carboxylic acids is 1. The van der Waals surface area contributed by atoms with Crippen LogP contribution >= 0.6 is 0 Å². The molecule has 1 amide bonds. The standard InChI is InChI=1S/C24H21N3O4/c1-30-18-10-7-16(8-11-18)14-25-23(28)17-9-12-19-20(13-17)26-15-27(24(19)29)21-5-3-4-6-22(21)31-2/h3-13,15H,14H2,1-2H3,(H,25,28). The Kier molecular flexibility index (Phi) is 5.66. The number of rotatable bonds is 6. The molecule has 1 heterocycles. The number of methoxy groups -OCH3 is 2. The molecule has 0 aliphatic heterocycles. The minimum absolute atomic E-state index is 0.236. The first-order valence-electron chi connectivity index (χ1n) is 9.66. The van der Waals surface area contributed by atoms with Crippen molar-refractivity contribution in [3.05, 3.63) is 94.5 Å². The molecule has 0 radical (unpaired) electrons. The molecule has 0 fully saturated rings. The average molecular weight is 415 g/mol. The van der Waals surface area contributed by atoms with Gasteiger partial charge in [0.05, 0.1) is 30.8 Å². The minimum atomic E-state index is -0.242. The SMILES string of the molecule is COc1ccc(CNC(=O)c2ccc3c(=O)n(-c4ccccc4OC)cnc3c2)cc1. The Hall–Kier alpha value is -4.13. The maximum atomic E-state index is 13.0. The normalized spacial score (nSPS) is 10.6. The summed E-state index contributed by atoms with van der Waals surface area (Å²) in [4.78, 5) is 30.0. The van der Waals surface area contributed by atoms with Crippen LogP contribution < -0.4 is 20.3 Å². The maximum absolute atomic E-state index is 13.0. The van der Waals surface area contributed by atoms with E-state index in [2.05, 4.69) is 10.3 Å². The van der Waals surface area contributed by atoms with Gasteiger partial charge in [0.1, 0.15) is 17.8 Å². The Bertz CT molecular complexity index is 1300. The second-order valence-electron chi connectivity index (χ2n) is 6.85. The van der Waals surface area contributed by atoms with Gasteiger partial charge in [-0.25, -0.2) is 4.98 Å². The Labute approximate surface area is 178 Å². The molecule has 0 saturated carbocycles. The van der Waals surface area contributed by atoms with E-state index < -0.39 is 0 Å². The van der Waals surface area contributed by atoms with Gasteiger partial charge in [-0.1, -0.05) is 24.3 Å². The third-order valence-electron chi connectivity index (χ3n) is 4.98. The summed E-state index contributed by atoms with van der Waals surface area (Å²) in [6, 6.07) is 19.6. The minimum Gasteiger partial charge on any atom is -0.497 e. The average Bonchev–Trinajstić information content (AvgIpc) is 2.83. The monoisotopic (exact) mass is 415 g/mol. The molecule has 1 N–H and O–H groups in total. The number of para-hydroxylation sites is 2. The molecule has 3 aromatic carbocycles. The Morgan fingerprint density at radius 3 is 2.52 bits per heavy atom. The van der Waals surface area contributed by atoms with Gasteiger partial charge in [-0.3, -0.25) is 14.2 Å². The smallest absolute Gasteiger partial charge is 0.265 e. The number of hydrogen-bond acceptors (Lipinski definition) is 5. The zero-order chi connectivity index (χ0) is 21.8. The molecule has 0 atom stereocenters. The fourth-order valence-corrected chi connectivity index (χ4v) is 3.29. The van der Waals surface area contributed by atoms with Crippen molar-refractivity contribution in [2.75, 3.05) is 14.2 Å². The van der Waals surface area contributed by atoms with Crippen LogP contribution in [-0.2, 0) is 6.54 Å². The van der Waals surface area contributed by atoms with Crippen LogP contribution in [0.5, 0.6) is 11.5 Å². The molecule has 4 aromatic rings. The van der Waals surface area contributed by atoms with Crippen molar-refractivity contribution in [2.24, 2.45) is 0 Å². The van der Waals surface area contributed by atoms with Crippen molar-refractivity contribution < 1.29 is 14.3 Å². The Morgan fingerprint density at radius 1 is 1.00 bits per heavy atom. The molecule has 31 heavy (non-hydrogen) atoms. The van der Waals surface area contributed by atoms with Crippen LogP contribution in [0.15, 0.2) is 77.9 Å². The van der Waals surface area contributed by atoms with Crippen LogP contribution in [0.1, 0.15) is 15.9 Å². The first kappa shape index (κ1) is 20.2. The quantitative estimate of drug-likeness (QED) is 0.522. The van der Waals surface area contributed by atoms with E-state index in [1.54, 1.807) is 44.6 Å². The van der Waals surface area contributed by atoms with Crippen molar-refractivity contribution in [2.45, 2.75) is 6.54 Å². The van der Waals surface area contributed by atoms with Crippen LogP contribution in [0.3, 0.4) is 0 Å². The number of fused-ring (bicyclic) bond motifs is 1. The lowest BCUT2D eigenvalue weighted by atomic mass is 10.1. The van der Waals surface area contributed by atoms with Gasteiger partial charge in [-0.15, -0.1) is 0 Å². The number of nitrogens with one attached hydrogen (secondary N) is 1. The van der Waals surface area contributed by atoms with Crippen LogP contribution in [0, 0.1) is 0 Å². The topological polar surface area (TPSA) is 82.5 Å². The number of nitrogens with zero attached hydrogens (tertiary/aromatic N) is 2. The van der Waals surface area contributed by atoms with Gasteiger partial charge in [-0.2, -0.15) is 0 Å². The Morgan fingerprint density at radius 2 is 1.77 bits per heavy atom. The number of aromatic nitrogens is 2. The zero-order valence-corrected chi connectivity index (χ0v) is 17.2. The van der Waals surface area contributed by atoms with Crippen molar-refractivity contribution in [3.8, 4) is 17.2 Å². The second kappa shape index (κ2) is 8.71. The van der Waals surface area contributed by atoms with Gasteiger partial charge >= 0.3 is 0 Å². The van der Waals surface area contributed by atoms with Gasteiger partial charge in [-0.05, 0) is 48.0 Å². The van der Waals surface area contributed by atoms with Crippen LogP contribution in [0.2, 0.25) is 0 Å². The summed E-state index contributed by atoms with van der Waals surface area (Å²) in [6.45, 7) is 0.379. The molecule has 0 saturated heterocycles. The summed E-state index contributed by atoms with van der Waals surface area (Å²) in [5.74, 6) is 1.09. The summed E-state index contributed by atoms with van der Waals surface area (Å²) < 4.78 is 11.9. The molecule has 0 aliphatic rings. The lowest BCUT2D eigenvalue weighted by molar-refractivity contribution is 0.0951. The summed E-state index contributed by atoms with van der Waals surface area (Å²) >= 11 is 0. The molecule has 0 bridgehead atoms. The summed E-state index contributed by atoms with van der Waals surface area (Å²) in [7, 11) is 3.16. The van der Waals surface area contributed by atoms with E-state index in [4.69, 9.17) is 9.47 Å². The lowest BCUT2D eigenvalue weighted by Crippen LogP contribution is -2.23. The summed E-state index contributed by atoms with van der Waals surface area (Å²) in [5.41, 5.74) is 2.20. The molecule has 0 aliphatic carbocycles. The molecule has 156 valence electrons. The first-order chi connectivity index (χ1) is 15.1. The van der Waals surface area contributed by atoms with Crippen molar-refractivity contribution in [1.29, 1.82) is 0 Å². The van der Waals surface area contributed by atoms with Gasteiger partial charge in [0.25, 0.3) is 11.5 Å². The van der Waals surface area contributed by atoms with Gasteiger partial charge in [0, 0.05) is 12.1 Å². The highest BCUT2D eigenvalue weighted by molar-refractivity contribution is 5.97. The molecule has 0 spiro atoms. The lowest BCUT2D eigenvalue weighted by Gasteiger charge is -2.11. The van der Waals surface area contributed by atoms with Crippen LogP contribution in [0.4, 0.5) is 0 Å². The van der Waals surface area contributed by atoms with Crippen LogP contribution in [0.25, 0.3) is 16.6 Å². The molecular weight excluding hydrogens is 394 g/mol. The molecule has 7 heteroatoms. The third-order valence-corrected chi connectivity index (χ3v) is 4.98. The van der Waals surface area contributed by atoms with Crippen molar-refractivity contribution >= 4 is 16.8 Å². The fraction of sp³-hybridized carbons (Fsp3) is 0.125. The molecule has 1 aromatic heterocycles. The summed E-state index contributed by atoms with van der Waals surface area (Å²) in [6.07, 6.45) is 1.45. The molecule has 4 rings (SSSR count). The predicted molar refractivity (Wildman–Crippen MR) is 118 cm³/mol. The van der Waals surface area contributed by atoms with Crippen molar-refractivity contribution in [1.82, 2.24) is 14.9 Å². The highest BCUT2D eigenvalue weighted by Gasteiger charge is 2.12. The largest absolute Gasteiger partial charge is 0.497 e. The van der Waals surface area contributed by atoms with Crippen molar-refractivity contribution in [3.63, 3.8) is 0 Å².